The molecule has 0 bridgehead atoms. The molecule has 6 nitrogen and oxygen atoms in total. The van der Waals surface area contributed by atoms with E-state index in [1.807, 2.05) is 24.3 Å². The highest BCUT2D eigenvalue weighted by atomic mass is 35.5. The van der Waals surface area contributed by atoms with Crippen LogP contribution in [0.15, 0.2) is 42.9 Å². The molecule has 0 spiro atoms. The van der Waals surface area contributed by atoms with Crippen molar-refractivity contribution in [1.82, 2.24) is 25.1 Å². The number of rotatable bonds is 3. The Morgan fingerprint density at radius 2 is 2.00 bits per heavy atom. The molecular weight excluding hydrogens is 264 g/mol. The largest absolute Gasteiger partial charge is 0.323 e. The Kier molecular flexibility index (Phi) is 3.07. The first-order valence-corrected chi connectivity index (χ1v) is 5.90. The molecule has 0 amide bonds. The van der Waals surface area contributed by atoms with Crippen molar-refractivity contribution >= 4 is 23.2 Å². The van der Waals surface area contributed by atoms with Crippen LogP contribution in [-0.4, -0.2) is 25.1 Å². The minimum Gasteiger partial charge on any atom is -0.323 e. The predicted molar refractivity (Wildman–Crippen MR) is 72.1 cm³/mol. The van der Waals surface area contributed by atoms with E-state index in [4.69, 9.17) is 11.6 Å². The van der Waals surface area contributed by atoms with Crippen molar-refractivity contribution in [3.05, 3.63) is 48.0 Å². The van der Waals surface area contributed by atoms with Gasteiger partial charge in [-0.15, -0.1) is 0 Å². The van der Waals surface area contributed by atoms with Gasteiger partial charge in [0.25, 0.3) is 0 Å². The van der Waals surface area contributed by atoms with E-state index < -0.39 is 0 Å². The van der Waals surface area contributed by atoms with Gasteiger partial charge in [-0.3, -0.25) is 10.1 Å². The molecule has 0 saturated carbocycles. The third-order valence-corrected chi connectivity index (χ3v) is 2.62. The van der Waals surface area contributed by atoms with Gasteiger partial charge in [0.05, 0.1) is 11.4 Å². The topological polar surface area (TPSA) is 79.4 Å². The van der Waals surface area contributed by atoms with E-state index in [9.17, 15) is 0 Å². The molecule has 2 N–H and O–H groups in total. The van der Waals surface area contributed by atoms with Crippen LogP contribution in [0.25, 0.3) is 11.4 Å². The van der Waals surface area contributed by atoms with Crippen molar-refractivity contribution in [3.8, 4) is 11.4 Å². The summed E-state index contributed by atoms with van der Waals surface area (Å²) in [6.45, 7) is 0. The number of anilines is 2. The Balaban J connectivity index is 1.82. The second-order valence-electron chi connectivity index (χ2n) is 3.73. The van der Waals surface area contributed by atoms with Crippen LogP contribution < -0.4 is 5.32 Å². The Hall–Kier alpha value is -2.47. The molecule has 0 atom stereocenters. The zero-order valence-corrected chi connectivity index (χ0v) is 10.5. The van der Waals surface area contributed by atoms with E-state index in [2.05, 4.69) is 30.5 Å². The lowest BCUT2D eigenvalue weighted by atomic mass is 10.3. The van der Waals surface area contributed by atoms with E-state index in [0.29, 0.717) is 16.8 Å². The van der Waals surface area contributed by atoms with Crippen LogP contribution in [0.4, 0.5) is 11.6 Å². The number of halogens is 1. The maximum absolute atomic E-state index is 5.78. The van der Waals surface area contributed by atoms with Gasteiger partial charge in [0.1, 0.15) is 17.3 Å². The monoisotopic (exact) mass is 272 g/mol. The molecule has 94 valence electrons. The molecule has 3 rings (SSSR count). The lowest BCUT2D eigenvalue weighted by molar-refractivity contribution is 1.08. The second kappa shape index (κ2) is 5.03. The number of pyridine rings is 1. The van der Waals surface area contributed by atoms with E-state index in [0.717, 1.165) is 11.4 Å². The van der Waals surface area contributed by atoms with Crippen LogP contribution in [0.2, 0.25) is 5.15 Å². The Bertz CT molecular complexity index is 681. The molecule has 0 aliphatic carbocycles. The zero-order chi connectivity index (χ0) is 13.1. The van der Waals surface area contributed by atoms with Gasteiger partial charge in [-0.2, -0.15) is 5.10 Å². The minimum atomic E-state index is 0.373. The quantitative estimate of drug-likeness (QED) is 0.717. The van der Waals surface area contributed by atoms with E-state index >= 15 is 0 Å². The van der Waals surface area contributed by atoms with Crippen LogP contribution in [0, 0.1) is 0 Å². The number of nitrogens with zero attached hydrogens (tertiary/aromatic N) is 4. The average molecular weight is 273 g/mol. The standard InChI is InChI=1S/C12H9ClN6/c13-10-6-11(16-7-15-10)17-12-5-9(18-19-12)8-3-1-2-4-14-8/h1-7H,(H2,15,16,17,18,19). The maximum Gasteiger partial charge on any atom is 0.154 e. The van der Waals surface area contributed by atoms with Gasteiger partial charge >= 0.3 is 0 Å². The summed E-state index contributed by atoms with van der Waals surface area (Å²) in [5.41, 5.74) is 1.65. The number of aromatic amines is 1. The molecule has 0 fully saturated rings. The molecular formula is C12H9ClN6. The molecule has 3 aromatic rings. The predicted octanol–water partition coefficient (Wildman–Crippen LogP) is 2.66. The molecule has 0 radical (unpaired) electrons. The summed E-state index contributed by atoms with van der Waals surface area (Å²) < 4.78 is 0. The first-order chi connectivity index (χ1) is 9.31. The highest BCUT2D eigenvalue weighted by Crippen LogP contribution is 2.19. The van der Waals surface area contributed by atoms with Crippen molar-refractivity contribution in [3.63, 3.8) is 0 Å². The summed E-state index contributed by atoms with van der Waals surface area (Å²) in [4.78, 5) is 12.1. The molecule has 0 aliphatic rings. The number of hydrogen-bond acceptors (Lipinski definition) is 5. The lowest BCUT2D eigenvalue weighted by Crippen LogP contribution is -1.94. The SMILES string of the molecule is Clc1cc(Nc2cc(-c3ccccn3)[nH]n2)ncn1. The second-order valence-corrected chi connectivity index (χ2v) is 4.12. The third kappa shape index (κ3) is 2.69. The van der Waals surface area contributed by atoms with Crippen LogP contribution in [0.1, 0.15) is 0 Å². The molecule has 0 saturated heterocycles. The van der Waals surface area contributed by atoms with Gasteiger partial charge in [0.2, 0.25) is 0 Å². The number of nitrogens with one attached hydrogen (secondary N) is 2. The van der Waals surface area contributed by atoms with Gasteiger partial charge in [0.15, 0.2) is 5.82 Å². The fourth-order valence-electron chi connectivity index (χ4n) is 1.57. The summed E-state index contributed by atoms with van der Waals surface area (Å²) in [6.07, 6.45) is 3.12. The number of H-pyrrole nitrogens is 1. The molecule has 3 aromatic heterocycles. The van der Waals surface area contributed by atoms with Crippen molar-refractivity contribution < 1.29 is 0 Å². The van der Waals surface area contributed by atoms with Crippen LogP contribution >= 0.6 is 11.6 Å². The first kappa shape index (κ1) is 11.6. The van der Waals surface area contributed by atoms with Crippen molar-refractivity contribution in [1.29, 1.82) is 0 Å². The normalized spacial score (nSPS) is 10.4. The molecule has 3 heterocycles. The van der Waals surface area contributed by atoms with Gasteiger partial charge in [-0.1, -0.05) is 17.7 Å². The number of aromatic nitrogens is 5. The first-order valence-electron chi connectivity index (χ1n) is 5.52. The van der Waals surface area contributed by atoms with Gasteiger partial charge in [-0.25, -0.2) is 9.97 Å². The Morgan fingerprint density at radius 1 is 1.05 bits per heavy atom. The Labute approximate surface area is 113 Å². The summed E-state index contributed by atoms with van der Waals surface area (Å²) in [5.74, 6) is 1.22. The molecule has 0 unspecified atom stereocenters. The van der Waals surface area contributed by atoms with E-state index in [-0.39, 0.29) is 0 Å². The summed E-state index contributed by atoms with van der Waals surface area (Å²) in [5, 5.41) is 10.4. The maximum atomic E-state index is 5.78. The van der Waals surface area contributed by atoms with Gasteiger partial charge in [0, 0.05) is 18.3 Å². The van der Waals surface area contributed by atoms with Gasteiger partial charge in [-0.05, 0) is 12.1 Å². The lowest BCUT2D eigenvalue weighted by Gasteiger charge is -2.00. The van der Waals surface area contributed by atoms with Crippen molar-refractivity contribution in [2.24, 2.45) is 0 Å². The van der Waals surface area contributed by atoms with Gasteiger partial charge < -0.3 is 5.32 Å². The molecule has 0 aliphatic heterocycles. The summed E-state index contributed by atoms with van der Waals surface area (Å²) in [7, 11) is 0. The minimum absolute atomic E-state index is 0.373. The highest BCUT2D eigenvalue weighted by Gasteiger charge is 2.05. The van der Waals surface area contributed by atoms with Crippen molar-refractivity contribution in [2.45, 2.75) is 0 Å². The molecule has 7 heteroatoms. The van der Waals surface area contributed by atoms with Crippen molar-refractivity contribution in [2.75, 3.05) is 5.32 Å². The summed E-state index contributed by atoms with van der Waals surface area (Å²) in [6, 6.07) is 9.15. The van der Waals surface area contributed by atoms with E-state index in [1.165, 1.54) is 6.33 Å². The Morgan fingerprint density at radius 3 is 2.79 bits per heavy atom. The highest BCUT2D eigenvalue weighted by molar-refractivity contribution is 6.29. The smallest absolute Gasteiger partial charge is 0.154 e. The van der Waals surface area contributed by atoms with E-state index in [1.54, 1.807) is 12.3 Å². The fraction of sp³-hybridized carbons (Fsp3) is 0. The zero-order valence-electron chi connectivity index (χ0n) is 9.71. The average Bonchev–Trinajstić information content (AvgIpc) is 2.88. The van der Waals surface area contributed by atoms with Crippen LogP contribution in [-0.2, 0) is 0 Å². The van der Waals surface area contributed by atoms with Crippen LogP contribution in [0.5, 0.6) is 0 Å². The van der Waals surface area contributed by atoms with Crippen LogP contribution in [0.3, 0.4) is 0 Å². The number of hydrogen-bond donors (Lipinski definition) is 2. The molecule has 0 aromatic carbocycles. The summed E-state index contributed by atoms with van der Waals surface area (Å²) >= 11 is 5.78. The molecule has 19 heavy (non-hydrogen) atoms. The fourth-order valence-corrected chi connectivity index (χ4v) is 1.72. The third-order valence-electron chi connectivity index (χ3n) is 2.41.